The predicted octanol–water partition coefficient (Wildman–Crippen LogP) is 0.949. The van der Waals surface area contributed by atoms with Crippen LogP contribution >= 0.6 is 0 Å². The fourth-order valence-electron chi connectivity index (χ4n) is 10.0. The van der Waals surface area contributed by atoms with E-state index in [1.165, 1.54) is 6.08 Å². The van der Waals surface area contributed by atoms with Gasteiger partial charge in [0.2, 0.25) is 12.1 Å². The van der Waals surface area contributed by atoms with Gasteiger partial charge >= 0.3 is 5.97 Å². The van der Waals surface area contributed by atoms with E-state index in [0.29, 0.717) is 44.1 Å². The molecular formula is C30H40O11. The third-order valence-electron chi connectivity index (χ3n) is 12.4. The first-order valence-electron chi connectivity index (χ1n) is 15.0. The number of hydrogen-bond donors (Lipinski definition) is 3. The molecule has 0 aromatic rings. The number of aliphatic hydroxyl groups is 3. The topological polar surface area (TPSA) is 158 Å². The van der Waals surface area contributed by atoms with Crippen molar-refractivity contribution in [1.82, 2.24) is 0 Å². The molecule has 13 atom stereocenters. The first-order chi connectivity index (χ1) is 19.3. The Morgan fingerprint density at radius 1 is 1.02 bits per heavy atom. The summed E-state index contributed by atoms with van der Waals surface area (Å²) in [5.41, 5.74) is -4.12. The van der Waals surface area contributed by atoms with Gasteiger partial charge < -0.3 is 39.0 Å². The van der Waals surface area contributed by atoms with Crippen LogP contribution in [0.1, 0.15) is 65.7 Å². The Labute approximate surface area is 238 Å². The van der Waals surface area contributed by atoms with Crippen molar-refractivity contribution in [1.29, 1.82) is 0 Å². The van der Waals surface area contributed by atoms with Gasteiger partial charge in [-0.25, -0.2) is 4.79 Å². The van der Waals surface area contributed by atoms with Crippen LogP contribution in [-0.4, -0.2) is 94.3 Å². The molecule has 0 aromatic heterocycles. The Morgan fingerprint density at radius 2 is 1.80 bits per heavy atom. The molecule has 7 rings (SSSR count). The summed E-state index contributed by atoms with van der Waals surface area (Å²) in [6.07, 6.45) is -0.358. The van der Waals surface area contributed by atoms with E-state index in [1.54, 1.807) is 6.92 Å². The van der Waals surface area contributed by atoms with Crippen LogP contribution in [0, 0.1) is 28.6 Å². The van der Waals surface area contributed by atoms with E-state index in [0.717, 1.165) is 0 Å². The minimum absolute atomic E-state index is 0.0300. The molecule has 13 unspecified atom stereocenters. The number of rotatable bonds is 3. The zero-order valence-corrected chi connectivity index (χ0v) is 23.7. The molecule has 3 N–H and O–H groups in total. The molecule has 226 valence electrons. The zero-order chi connectivity index (χ0) is 29.1. The normalized spacial score (nSPS) is 54.6. The first-order valence-corrected chi connectivity index (χ1v) is 15.0. The molecule has 0 bridgehead atoms. The summed E-state index contributed by atoms with van der Waals surface area (Å²) < 4.78 is 28.1. The van der Waals surface area contributed by atoms with Crippen LogP contribution < -0.4 is 0 Å². The van der Waals surface area contributed by atoms with Crippen molar-refractivity contribution in [3.05, 3.63) is 11.6 Å². The molecule has 2 saturated heterocycles. The van der Waals surface area contributed by atoms with Crippen LogP contribution in [0.3, 0.4) is 0 Å². The van der Waals surface area contributed by atoms with Crippen LogP contribution in [-0.2, 0) is 38.1 Å². The molecule has 6 fully saturated rings. The number of Topliss-reactive ketones (excluding diaryl/α,β-unsaturated/α-hetero) is 2. The summed E-state index contributed by atoms with van der Waals surface area (Å²) in [5, 5.41) is 36.3. The summed E-state index contributed by atoms with van der Waals surface area (Å²) in [5.74, 6) is -2.68. The number of hydrogen-bond acceptors (Lipinski definition) is 11. The van der Waals surface area contributed by atoms with E-state index in [-0.39, 0.29) is 25.6 Å². The molecule has 3 aliphatic heterocycles. The third-order valence-corrected chi connectivity index (χ3v) is 12.4. The molecule has 3 heterocycles. The number of fused-ring (bicyclic) bond motifs is 6. The van der Waals surface area contributed by atoms with Gasteiger partial charge in [0.05, 0.1) is 28.8 Å². The zero-order valence-electron chi connectivity index (χ0n) is 23.7. The van der Waals surface area contributed by atoms with Gasteiger partial charge in [0.15, 0.2) is 11.9 Å². The molecule has 7 aliphatic rings. The fourth-order valence-corrected chi connectivity index (χ4v) is 10.0. The third kappa shape index (κ3) is 3.60. The Hall–Kier alpha value is -1.73. The number of ketones is 2. The molecule has 0 aromatic carbocycles. The summed E-state index contributed by atoms with van der Waals surface area (Å²) in [4.78, 5) is 38.9. The highest BCUT2D eigenvalue weighted by Crippen LogP contribution is 2.69. The van der Waals surface area contributed by atoms with E-state index >= 15 is 0 Å². The molecule has 41 heavy (non-hydrogen) atoms. The van der Waals surface area contributed by atoms with Crippen molar-refractivity contribution >= 4 is 17.5 Å². The van der Waals surface area contributed by atoms with Crippen LogP contribution in [0.15, 0.2) is 11.6 Å². The lowest BCUT2D eigenvalue weighted by atomic mass is 9.41. The minimum Gasteiger partial charge on any atom is -0.458 e. The van der Waals surface area contributed by atoms with Gasteiger partial charge in [-0.15, -0.1) is 0 Å². The number of esters is 1. The second kappa shape index (κ2) is 9.14. The Morgan fingerprint density at radius 3 is 2.54 bits per heavy atom. The molecule has 11 nitrogen and oxygen atoms in total. The van der Waals surface area contributed by atoms with Crippen LogP contribution in [0.5, 0.6) is 0 Å². The van der Waals surface area contributed by atoms with Crippen molar-refractivity contribution in [2.75, 3.05) is 13.4 Å². The van der Waals surface area contributed by atoms with Gasteiger partial charge in [-0.1, -0.05) is 6.92 Å². The van der Waals surface area contributed by atoms with E-state index in [1.807, 2.05) is 13.8 Å². The number of cyclic esters (lactones) is 1. The average Bonchev–Trinajstić information content (AvgIpc) is 3.65. The Balaban J connectivity index is 1.14. The lowest BCUT2D eigenvalue weighted by Gasteiger charge is -2.66. The lowest BCUT2D eigenvalue weighted by molar-refractivity contribution is -0.282. The van der Waals surface area contributed by atoms with Crippen LogP contribution in [0.25, 0.3) is 0 Å². The van der Waals surface area contributed by atoms with Gasteiger partial charge in [0.25, 0.3) is 0 Å². The van der Waals surface area contributed by atoms with Crippen LogP contribution in [0.2, 0.25) is 0 Å². The van der Waals surface area contributed by atoms with Crippen molar-refractivity contribution in [3.63, 3.8) is 0 Å². The highest BCUT2D eigenvalue weighted by molar-refractivity contribution is 5.93. The van der Waals surface area contributed by atoms with Gasteiger partial charge in [-0.05, 0) is 69.8 Å². The van der Waals surface area contributed by atoms with E-state index in [9.17, 15) is 29.7 Å². The monoisotopic (exact) mass is 576 g/mol. The average molecular weight is 577 g/mol. The molecule has 0 spiro atoms. The summed E-state index contributed by atoms with van der Waals surface area (Å²) >= 11 is 0. The molecule has 4 aliphatic carbocycles. The highest BCUT2D eigenvalue weighted by Gasteiger charge is 2.75. The maximum absolute atomic E-state index is 14.1. The summed E-state index contributed by atoms with van der Waals surface area (Å²) in [6.45, 7) is 5.58. The fraction of sp³-hybridized carbons (Fsp3) is 0.833. The maximum Gasteiger partial charge on any atom is 0.331 e. The molecular weight excluding hydrogens is 536 g/mol. The maximum atomic E-state index is 14.1. The number of ether oxygens (including phenoxy) is 5. The summed E-state index contributed by atoms with van der Waals surface area (Å²) in [7, 11) is 0. The van der Waals surface area contributed by atoms with E-state index in [4.69, 9.17) is 23.7 Å². The largest absolute Gasteiger partial charge is 0.458 e. The van der Waals surface area contributed by atoms with Gasteiger partial charge in [-0.3, -0.25) is 9.59 Å². The smallest absolute Gasteiger partial charge is 0.331 e. The number of carbonyl (C=O) groups excluding carboxylic acids is 3. The molecule has 0 amide bonds. The summed E-state index contributed by atoms with van der Waals surface area (Å²) in [6, 6.07) is 0. The quantitative estimate of drug-likeness (QED) is 0.324. The van der Waals surface area contributed by atoms with Crippen LogP contribution in [0.4, 0.5) is 0 Å². The van der Waals surface area contributed by atoms with Gasteiger partial charge in [0, 0.05) is 23.8 Å². The van der Waals surface area contributed by atoms with E-state index < -0.39 is 88.3 Å². The number of aliphatic hydroxyl groups excluding tert-OH is 1. The standard InChI is InChI=1S/C30H40O11/c1-14-23-24(39-13-38-23)22(33)26(40-14)41-16-4-7-27(2)20-18(5-8-29(27,35)11-16)30(36)9-6-17(15-10-19(31)37-12-15)28(30,3)25(34)21(20)32/h10,14,16-18,20-21,23-24,26,32,35-36H,4-9,11-13H2,1-3H3. The Bertz CT molecular complexity index is 1200. The second-order valence-electron chi connectivity index (χ2n) is 13.9. The SMILES string of the molecule is CC1OC(OC2CCC3(C)C4C(O)C(=O)C5(C)C(C6=CC(=O)OC6)CCC5(O)C4CCC3(O)C2)C(=O)C2OCOC12. The second-order valence-corrected chi connectivity index (χ2v) is 13.9. The van der Waals surface area contributed by atoms with Crippen molar-refractivity contribution in [3.8, 4) is 0 Å². The molecule has 0 radical (unpaired) electrons. The highest BCUT2D eigenvalue weighted by atomic mass is 16.8. The molecule has 4 saturated carbocycles. The lowest BCUT2D eigenvalue weighted by Crippen LogP contribution is -2.73. The van der Waals surface area contributed by atoms with Crippen molar-refractivity contribution < 1.29 is 53.4 Å². The minimum atomic E-state index is -1.39. The van der Waals surface area contributed by atoms with Gasteiger partial charge in [-0.2, -0.15) is 0 Å². The molecule has 11 heteroatoms. The van der Waals surface area contributed by atoms with Gasteiger partial charge in [0.1, 0.15) is 25.6 Å². The van der Waals surface area contributed by atoms with Crippen molar-refractivity contribution in [2.24, 2.45) is 28.6 Å². The Kier molecular flexibility index (Phi) is 6.26. The van der Waals surface area contributed by atoms with E-state index in [2.05, 4.69) is 0 Å². The first kappa shape index (κ1) is 28.1. The number of carbonyl (C=O) groups is 3. The van der Waals surface area contributed by atoms with Crippen molar-refractivity contribution in [2.45, 2.75) is 114 Å². The predicted molar refractivity (Wildman–Crippen MR) is 138 cm³/mol.